The van der Waals surface area contributed by atoms with Gasteiger partial charge in [0.1, 0.15) is 29.9 Å². The van der Waals surface area contributed by atoms with E-state index in [2.05, 4.69) is 26.6 Å². The van der Waals surface area contributed by atoms with Crippen LogP contribution in [0, 0.1) is 29.6 Å². The molecule has 1 rings (SSSR count). The van der Waals surface area contributed by atoms with Gasteiger partial charge in [0.2, 0.25) is 29.5 Å². The largest absolute Gasteiger partial charge is 0.508 e. The van der Waals surface area contributed by atoms with Gasteiger partial charge in [-0.3, -0.25) is 24.0 Å². The summed E-state index contributed by atoms with van der Waals surface area (Å²) < 4.78 is 0. The van der Waals surface area contributed by atoms with Crippen molar-refractivity contribution in [2.24, 2.45) is 29.6 Å². The zero-order valence-corrected chi connectivity index (χ0v) is 30.4. The van der Waals surface area contributed by atoms with Gasteiger partial charge in [-0.1, -0.05) is 81.4 Å². The standard InChI is InChI=1S/C35H60N6O6/c1-19(2)26(36-11)32(44)38-28(21(5)6)33(45)40-29(22(7)8)35(47)41(12)30(23(9)10)34(46)39-27(20(3)4)31(43)37-18-17-24-13-15-25(42)16-14-24/h13-16,19-23,26-30,36,42H,17-18H2,1-12H3,(H,37,43)(H,38,44)(H,39,46)(H,40,45)/t26-,27-,28-,29-,30-/m0/s1. The van der Waals surface area contributed by atoms with Gasteiger partial charge in [0.15, 0.2) is 0 Å². The SMILES string of the molecule is CN[C@H](C(=O)N[C@H](C(=O)N[C@H](C(=O)N(C)[C@H](C(=O)N[C@H](C(=O)NCCc1ccc(O)cc1)C(C)C)C(C)C)C(C)C)C(C)C)C(C)C. The predicted octanol–water partition coefficient (Wildman–Crippen LogP) is 2.20. The van der Waals surface area contributed by atoms with E-state index in [0.29, 0.717) is 13.0 Å². The summed E-state index contributed by atoms with van der Waals surface area (Å²) in [4.78, 5) is 68.6. The molecule has 0 fully saturated rings. The predicted molar refractivity (Wildman–Crippen MR) is 184 cm³/mol. The van der Waals surface area contributed by atoms with Crippen LogP contribution in [0.3, 0.4) is 0 Å². The molecular formula is C35H60N6O6. The number of rotatable bonds is 18. The van der Waals surface area contributed by atoms with Crippen molar-refractivity contribution in [1.29, 1.82) is 0 Å². The van der Waals surface area contributed by atoms with Gasteiger partial charge < -0.3 is 36.6 Å². The first kappa shape index (κ1) is 41.4. The Labute approximate surface area is 281 Å². The number of carbonyl (C=O) groups excluding carboxylic acids is 5. The zero-order valence-electron chi connectivity index (χ0n) is 30.4. The summed E-state index contributed by atoms with van der Waals surface area (Å²) in [5, 5.41) is 23.9. The highest BCUT2D eigenvalue weighted by Crippen LogP contribution is 2.17. The number of phenolic OH excluding ortho intramolecular Hbond substituents is 1. The van der Waals surface area contributed by atoms with E-state index in [9.17, 15) is 29.1 Å². The van der Waals surface area contributed by atoms with E-state index >= 15 is 0 Å². The smallest absolute Gasteiger partial charge is 0.245 e. The number of nitrogens with one attached hydrogen (secondary N) is 5. The van der Waals surface area contributed by atoms with Crippen LogP contribution in [-0.4, -0.2) is 90.4 Å². The van der Waals surface area contributed by atoms with Crippen LogP contribution in [0.5, 0.6) is 5.75 Å². The van der Waals surface area contributed by atoms with Crippen molar-refractivity contribution in [2.75, 3.05) is 20.6 Å². The van der Waals surface area contributed by atoms with Crippen LogP contribution in [0.4, 0.5) is 0 Å². The molecule has 0 unspecified atom stereocenters. The van der Waals surface area contributed by atoms with Crippen molar-refractivity contribution in [2.45, 2.75) is 106 Å². The normalized spacial score (nSPS) is 14.8. The molecule has 0 bridgehead atoms. The molecule has 12 heteroatoms. The number of likely N-dealkylation sites (N-methyl/N-ethyl adjacent to an activating group) is 2. The van der Waals surface area contributed by atoms with Crippen LogP contribution in [-0.2, 0) is 30.4 Å². The Morgan fingerprint density at radius 2 is 1.04 bits per heavy atom. The Morgan fingerprint density at radius 3 is 1.49 bits per heavy atom. The number of phenols is 1. The van der Waals surface area contributed by atoms with Crippen LogP contribution < -0.4 is 26.6 Å². The molecule has 1 aromatic carbocycles. The molecule has 0 spiro atoms. The molecule has 266 valence electrons. The Hall–Kier alpha value is -3.67. The number of carbonyl (C=O) groups is 5. The second-order valence-electron chi connectivity index (χ2n) is 14.0. The second kappa shape index (κ2) is 19.2. The molecule has 47 heavy (non-hydrogen) atoms. The summed E-state index contributed by atoms with van der Waals surface area (Å²) in [5.74, 6) is -3.00. The first-order chi connectivity index (χ1) is 21.8. The minimum absolute atomic E-state index is 0.000463. The number of benzene rings is 1. The summed E-state index contributed by atoms with van der Waals surface area (Å²) in [6.45, 7) is 18.7. The van der Waals surface area contributed by atoms with Crippen LogP contribution >= 0.6 is 0 Å². The lowest BCUT2D eigenvalue weighted by atomic mass is 9.95. The summed E-state index contributed by atoms with van der Waals surface area (Å²) >= 11 is 0. The summed E-state index contributed by atoms with van der Waals surface area (Å²) in [7, 11) is 3.22. The Balaban J connectivity index is 3.08. The molecule has 5 amide bonds. The molecular weight excluding hydrogens is 600 g/mol. The number of hydrogen-bond donors (Lipinski definition) is 6. The Morgan fingerprint density at radius 1 is 0.617 bits per heavy atom. The lowest BCUT2D eigenvalue weighted by molar-refractivity contribution is -0.145. The van der Waals surface area contributed by atoms with Crippen molar-refractivity contribution in [3.63, 3.8) is 0 Å². The number of hydrogen-bond acceptors (Lipinski definition) is 7. The summed E-state index contributed by atoms with van der Waals surface area (Å²) in [6, 6.07) is 2.64. The minimum Gasteiger partial charge on any atom is -0.508 e. The zero-order chi connectivity index (χ0) is 36.2. The fourth-order valence-corrected chi connectivity index (χ4v) is 5.46. The van der Waals surface area contributed by atoms with E-state index in [1.807, 2.05) is 55.4 Å². The number of amides is 5. The average Bonchev–Trinajstić information content (AvgIpc) is 2.97. The van der Waals surface area contributed by atoms with E-state index in [0.717, 1.165) is 5.56 Å². The molecule has 0 saturated carbocycles. The van der Waals surface area contributed by atoms with Gasteiger partial charge >= 0.3 is 0 Å². The van der Waals surface area contributed by atoms with E-state index in [4.69, 9.17) is 0 Å². The Bertz CT molecular complexity index is 1180. The maximum Gasteiger partial charge on any atom is 0.245 e. The van der Waals surface area contributed by atoms with Gasteiger partial charge in [0, 0.05) is 13.6 Å². The van der Waals surface area contributed by atoms with Crippen molar-refractivity contribution in [3.8, 4) is 5.75 Å². The molecule has 0 radical (unpaired) electrons. The van der Waals surface area contributed by atoms with Crippen molar-refractivity contribution >= 4 is 29.5 Å². The van der Waals surface area contributed by atoms with Gasteiger partial charge in [-0.15, -0.1) is 0 Å². The van der Waals surface area contributed by atoms with Gasteiger partial charge in [-0.2, -0.15) is 0 Å². The van der Waals surface area contributed by atoms with Crippen molar-refractivity contribution in [3.05, 3.63) is 29.8 Å². The minimum atomic E-state index is -0.964. The van der Waals surface area contributed by atoms with E-state index in [1.165, 1.54) is 11.9 Å². The fraction of sp³-hybridized carbons (Fsp3) is 0.686. The third-order valence-electron chi connectivity index (χ3n) is 8.30. The highest BCUT2D eigenvalue weighted by molar-refractivity contribution is 5.96. The third kappa shape index (κ3) is 12.5. The fourth-order valence-electron chi connectivity index (χ4n) is 5.46. The maximum atomic E-state index is 13.9. The van der Waals surface area contributed by atoms with Gasteiger partial charge in [-0.05, 0) is 60.8 Å². The van der Waals surface area contributed by atoms with Gasteiger partial charge in [-0.25, -0.2) is 0 Å². The molecule has 0 aliphatic heterocycles. The molecule has 0 aliphatic rings. The molecule has 0 aromatic heterocycles. The molecule has 0 aliphatic carbocycles. The van der Waals surface area contributed by atoms with E-state index in [1.54, 1.807) is 45.2 Å². The first-order valence-electron chi connectivity index (χ1n) is 16.7. The number of aromatic hydroxyl groups is 1. The molecule has 1 aromatic rings. The average molecular weight is 661 g/mol. The quantitative estimate of drug-likeness (QED) is 0.140. The monoisotopic (exact) mass is 660 g/mol. The second-order valence-corrected chi connectivity index (χ2v) is 14.0. The summed E-state index contributed by atoms with van der Waals surface area (Å²) in [6.07, 6.45) is 0.550. The third-order valence-corrected chi connectivity index (χ3v) is 8.30. The summed E-state index contributed by atoms with van der Waals surface area (Å²) in [5.41, 5.74) is 0.944. The van der Waals surface area contributed by atoms with E-state index < -0.39 is 47.9 Å². The molecule has 12 nitrogen and oxygen atoms in total. The highest BCUT2D eigenvalue weighted by Gasteiger charge is 2.38. The van der Waals surface area contributed by atoms with Gasteiger partial charge in [0.05, 0.1) is 6.04 Å². The van der Waals surface area contributed by atoms with Crippen LogP contribution in [0.2, 0.25) is 0 Å². The highest BCUT2D eigenvalue weighted by atomic mass is 16.3. The topological polar surface area (TPSA) is 169 Å². The van der Waals surface area contributed by atoms with Crippen LogP contribution in [0.25, 0.3) is 0 Å². The molecule has 0 heterocycles. The van der Waals surface area contributed by atoms with Crippen molar-refractivity contribution in [1.82, 2.24) is 31.5 Å². The lowest BCUT2D eigenvalue weighted by Gasteiger charge is -2.36. The number of nitrogens with zero attached hydrogens (tertiary/aromatic N) is 1. The van der Waals surface area contributed by atoms with Crippen LogP contribution in [0.15, 0.2) is 24.3 Å². The van der Waals surface area contributed by atoms with Gasteiger partial charge in [0.25, 0.3) is 0 Å². The maximum absolute atomic E-state index is 13.9. The van der Waals surface area contributed by atoms with E-state index in [-0.39, 0.29) is 47.2 Å². The van der Waals surface area contributed by atoms with Crippen LogP contribution in [0.1, 0.15) is 74.8 Å². The first-order valence-corrected chi connectivity index (χ1v) is 16.7. The molecule has 0 saturated heterocycles. The lowest BCUT2D eigenvalue weighted by Crippen LogP contribution is -2.62. The van der Waals surface area contributed by atoms with Crippen molar-refractivity contribution < 1.29 is 29.1 Å². The molecule has 5 atom stereocenters. The Kier molecular flexibility index (Phi) is 16.9. The molecule has 6 N–H and O–H groups in total.